The number of piperazine rings is 1. The number of aromatic nitrogens is 2. The molecule has 1 aliphatic heterocycles. The molecule has 140 valence electrons. The average Bonchev–Trinajstić information content (AvgIpc) is 3.18. The summed E-state index contributed by atoms with van der Waals surface area (Å²) < 4.78 is 17.8. The summed E-state index contributed by atoms with van der Waals surface area (Å²) in [6.45, 7) is 4.90. The number of hydrogen-bond donors (Lipinski definition) is 0. The maximum atomic E-state index is 13.4. The summed E-state index contributed by atoms with van der Waals surface area (Å²) in [7, 11) is 0. The highest BCUT2D eigenvalue weighted by molar-refractivity contribution is 7.09. The number of benzene rings is 2. The molecule has 7 heteroatoms. The normalized spacial score (nSPS) is 15.3. The van der Waals surface area contributed by atoms with Gasteiger partial charge in [0, 0.05) is 54.8 Å². The Labute approximate surface area is 167 Å². The van der Waals surface area contributed by atoms with Gasteiger partial charge < -0.3 is 4.90 Å². The standard InChI is InChI=1S/C20H20ClFN4S/c21-17-6-4-15(5-7-17)8-9-25-10-12-26(13-11-25)20-23-19(24-27-20)16-2-1-3-18(22)14-16/h1-7,14H,8-13H2. The van der Waals surface area contributed by atoms with Crippen LogP contribution in [0.2, 0.25) is 5.02 Å². The van der Waals surface area contributed by atoms with E-state index < -0.39 is 0 Å². The lowest BCUT2D eigenvalue weighted by Crippen LogP contribution is -2.47. The fourth-order valence-corrected chi connectivity index (χ4v) is 4.06. The highest BCUT2D eigenvalue weighted by Crippen LogP contribution is 2.25. The van der Waals surface area contributed by atoms with Crippen molar-refractivity contribution in [2.75, 3.05) is 37.6 Å². The Bertz CT molecular complexity index is 891. The highest BCUT2D eigenvalue weighted by Gasteiger charge is 2.20. The average molecular weight is 403 g/mol. The van der Waals surface area contributed by atoms with Gasteiger partial charge in [-0.3, -0.25) is 4.90 Å². The van der Waals surface area contributed by atoms with Crippen molar-refractivity contribution >= 4 is 28.3 Å². The SMILES string of the molecule is Fc1cccc(-c2nsc(N3CCN(CCc4ccc(Cl)cc4)CC3)n2)c1. The van der Waals surface area contributed by atoms with Gasteiger partial charge in [-0.1, -0.05) is 35.9 Å². The third-order valence-electron chi connectivity index (χ3n) is 4.77. The van der Waals surface area contributed by atoms with E-state index >= 15 is 0 Å². The van der Waals surface area contributed by atoms with E-state index in [2.05, 4.69) is 31.3 Å². The van der Waals surface area contributed by atoms with E-state index in [-0.39, 0.29) is 5.82 Å². The van der Waals surface area contributed by atoms with Crippen molar-refractivity contribution in [1.82, 2.24) is 14.3 Å². The Hall–Kier alpha value is -2.02. The van der Waals surface area contributed by atoms with Gasteiger partial charge in [-0.05, 0) is 36.2 Å². The molecule has 3 aromatic rings. The van der Waals surface area contributed by atoms with Crippen LogP contribution in [-0.2, 0) is 6.42 Å². The molecule has 1 fully saturated rings. The van der Waals surface area contributed by atoms with Crippen LogP contribution < -0.4 is 4.90 Å². The second kappa shape index (κ2) is 8.33. The summed E-state index contributed by atoms with van der Waals surface area (Å²) in [5, 5.41) is 1.69. The van der Waals surface area contributed by atoms with Gasteiger partial charge in [0.05, 0.1) is 0 Å². The molecule has 4 rings (SSSR count). The van der Waals surface area contributed by atoms with Gasteiger partial charge in [0.1, 0.15) is 5.82 Å². The third-order valence-corrected chi connectivity index (χ3v) is 5.80. The predicted octanol–water partition coefficient (Wildman–Crippen LogP) is 4.36. The molecule has 0 bridgehead atoms. The lowest BCUT2D eigenvalue weighted by molar-refractivity contribution is 0.261. The zero-order valence-electron chi connectivity index (χ0n) is 14.8. The highest BCUT2D eigenvalue weighted by atomic mass is 35.5. The van der Waals surface area contributed by atoms with Crippen molar-refractivity contribution in [3.63, 3.8) is 0 Å². The monoisotopic (exact) mass is 402 g/mol. The quantitative estimate of drug-likeness (QED) is 0.634. The van der Waals surface area contributed by atoms with E-state index in [1.54, 1.807) is 6.07 Å². The molecule has 0 amide bonds. The van der Waals surface area contributed by atoms with Crippen LogP contribution in [-0.4, -0.2) is 47.0 Å². The molecule has 0 unspecified atom stereocenters. The molecule has 2 heterocycles. The Balaban J connectivity index is 1.31. The first-order valence-electron chi connectivity index (χ1n) is 8.99. The Morgan fingerprint density at radius 2 is 1.81 bits per heavy atom. The molecule has 0 radical (unpaired) electrons. The molecule has 0 saturated carbocycles. The Morgan fingerprint density at radius 1 is 1.04 bits per heavy atom. The smallest absolute Gasteiger partial charge is 0.205 e. The second-order valence-electron chi connectivity index (χ2n) is 6.62. The molecule has 0 N–H and O–H groups in total. The molecule has 0 spiro atoms. The summed E-state index contributed by atoms with van der Waals surface area (Å²) in [6, 6.07) is 14.5. The summed E-state index contributed by atoms with van der Waals surface area (Å²) in [5.41, 5.74) is 2.03. The van der Waals surface area contributed by atoms with E-state index in [4.69, 9.17) is 11.6 Å². The second-order valence-corrected chi connectivity index (χ2v) is 7.78. The van der Waals surface area contributed by atoms with E-state index in [0.29, 0.717) is 5.82 Å². The molecule has 1 saturated heterocycles. The van der Waals surface area contributed by atoms with Crippen molar-refractivity contribution in [2.45, 2.75) is 6.42 Å². The van der Waals surface area contributed by atoms with Gasteiger partial charge in [-0.15, -0.1) is 0 Å². The van der Waals surface area contributed by atoms with Gasteiger partial charge >= 0.3 is 0 Å². The predicted molar refractivity (Wildman–Crippen MR) is 109 cm³/mol. The van der Waals surface area contributed by atoms with Crippen LogP contribution in [0.5, 0.6) is 0 Å². The summed E-state index contributed by atoms with van der Waals surface area (Å²) in [4.78, 5) is 9.34. The molecule has 2 aromatic carbocycles. The van der Waals surface area contributed by atoms with Crippen LogP contribution in [0.1, 0.15) is 5.56 Å². The van der Waals surface area contributed by atoms with Crippen LogP contribution in [0.25, 0.3) is 11.4 Å². The molecule has 4 nitrogen and oxygen atoms in total. The fourth-order valence-electron chi connectivity index (χ4n) is 3.19. The topological polar surface area (TPSA) is 32.3 Å². The van der Waals surface area contributed by atoms with E-state index in [1.807, 2.05) is 18.2 Å². The van der Waals surface area contributed by atoms with E-state index in [0.717, 1.165) is 54.9 Å². The Morgan fingerprint density at radius 3 is 2.56 bits per heavy atom. The van der Waals surface area contributed by atoms with Gasteiger partial charge in [0.2, 0.25) is 5.13 Å². The van der Waals surface area contributed by atoms with Crippen LogP contribution in [0.3, 0.4) is 0 Å². The van der Waals surface area contributed by atoms with Crippen molar-refractivity contribution in [2.24, 2.45) is 0 Å². The maximum absolute atomic E-state index is 13.4. The third kappa shape index (κ3) is 4.64. The minimum absolute atomic E-state index is 0.266. The van der Waals surface area contributed by atoms with Gasteiger partial charge in [0.25, 0.3) is 0 Å². The van der Waals surface area contributed by atoms with Crippen LogP contribution in [0.4, 0.5) is 9.52 Å². The minimum Gasteiger partial charge on any atom is -0.344 e. The summed E-state index contributed by atoms with van der Waals surface area (Å²) in [6.07, 6.45) is 1.03. The molecule has 27 heavy (non-hydrogen) atoms. The van der Waals surface area contributed by atoms with Gasteiger partial charge in [-0.25, -0.2) is 4.39 Å². The molecular formula is C20H20ClFN4S. The number of rotatable bonds is 5. The number of nitrogens with zero attached hydrogens (tertiary/aromatic N) is 4. The largest absolute Gasteiger partial charge is 0.344 e. The Kier molecular flexibility index (Phi) is 5.66. The number of hydrogen-bond acceptors (Lipinski definition) is 5. The molecule has 1 aliphatic rings. The molecule has 0 atom stereocenters. The van der Waals surface area contributed by atoms with E-state index in [9.17, 15) is 4.39 Å². The zero-order valence-corrected chi connectivity index (χ0v) is 16.4. The molecule has 0 aliphatic carbocycles. The zero-order chi connectivity index (χ0) is 18.6. The van der Waals surface area contributed by atoms with E-state index in [1.165, 1.54) is 29.2 Å². The summed E-state index contributed by atoms with van der Waals surface area (Å²) >= 11 is 7.32. The minimum atomic E-state index is -0.266. The van der Waals surface area contributed by atoms with Crippen LogP contribution >= 0.6 is 23.1 Å². The first-order valence-corrected chi connectivity index (χ1v) is 10.1. The molecular weight excluding hydrogens is 383 g/mol. The maximum Gasteiger partial charge on any atom is 0.205 e. The number of anilines is 1. The molecule has 1 aromatic heterocycles. The van der Waals surface area contributed by atoms with Crippen molar-refractivity contribution < 1.29 is 4.39 Å². The first-order chi connectivity index (χ1) is 13.2. The lowest BCUT2D eigenvalue weighted by Gasteiger charge is -2.34. The number of halogens is 2. The van der Waals surface area contributed by atoms with Crippen molar-refractivity contribution in [1.29, 1.82) is 0 Å². The van der Waals surface area contributed by atoms with Crippen molar-refractivity contribution in [3.05, 3.63) is 64.9 Å². The van der Waals surface area contributed by atoms with Crippen LogP contribution in [0, 0.1) is 5.82 Å². The fraction of sp³-hybridized carbons (Fsp3) is 0.300. The van der Waals surface area contributed by atoms with Crippen molar-refractivity contribution in [3.8, 4) is 11.4 Å². The van der Waals surface area contributed by atoms with Gasteiger partial charge in [-0.2, -0.15) is 9.36 Å². The van der Waals surface area contributed by atoms with Gasteiger partial charge in [0.15, 0.2) is 5.82 Å². The summed E-state index contributed by atoms with van der Waals surface area (Å²) in [5.74, 6) is 0.331. The van der Waals surface area contributed by atoms with Crippen LogP contribution in [0.15, 0.2) is 48.5 Å². The first kappa shape index (κ1) is 18.3. The lowest BCUT2D eigenvalue weighted by atomic mass is 10.1.